The minimum atomic E-state index is 0.228. The summed E-state index contributed by atoms with van der Waals surface area (Å²) < 4.78 is 5.29. The van der Waals surface area contributed by atoms with Gasteiger partial charge in [0.1, 0.15) is 0 Å². The van der Waals surface area contributed by atoms with E-state index in [1.54, 1.807) is 0 Å². The maximum Gasteiger partial charge on any atom is 0.229 e. The molecule has 0 spiro atoms. The van der Waals surface area contributed by atoms with E-state index in [1.165, 1.54) is 16.7 Å². The summed E-state index contributed by atoms with van der Waals surface area (Å²) in [6.07, 6.45) is 1.57. The zero-order valence-corrected chi connectivity index (χ0v) is 11.8. The second kappa shape index (κ2) is 5.97. The first kappa shape index (κ1) is 13.7. The average molecular weight is 259 g/mol. The molecule has 0 bridgehead atoms. The van der Waals surface area contributed by atoms with Crippen molar-refractivity contribution >= 4 is 0 Å². The van der Waals surface area contributed by atoms with E-state index in [-0.39, 0.29) is 5.92 Å². The Kier molecular flexibility index (Phi) is 4.32. The predicted octanol–water partition coefficient (Wildman–Crippen LogP) is 2.73. The monoisotopic (exact) mass is 259 g/mol. The summed E-state index contributed by atoms with van der Waals surface area (Å²) in [6.45, 7) is 6.92. The molecular weight excluding hydrogens is 238 g/mol. The number of aryl methyl sites for hydroxylation is 2. The summed E-state index contributed by atoms with van der Waals surface area (Å²) in [6, 6.07) is 6.42. The topological polar surface area (TPSA) is 64.9 Å². The summed E-state index contributed by atoms with van der Waals surface area (Å²) >= 11 is 0. The lowest BCUT2D eigenvalue weighted by atomic mass is 10.0. The molecule has 2 aromatic rings. The third kappa shape index (κ3) is 3.41. The van der Waals surface area contributed by atoms with Crippen LogP contribution in [0.4, 0.5) is 0 Å². The van der Waals surface area contributed by atoms with Crippen molar-refractivity contribution < 1.29 is 4.52 Å². The SMILES string of the molecule is Cc1ccc(Cc2noc(C(C)CCN)n2)cc1C. The molecule has 2 N–H and O–H groups in total. The van der Waals surface area contributed by atoms with Crippen LogP contribution < -0.4 is 5.73 Å². The van der Waals surface area contributed by atoms with Gasteiger partial charge in [0.25, 0.3) is 0 Å². The first-order valence-corrected chi connectivity index (χ1v) is 6.69. The molecule has 0 amide bonds. The van der Waals surface area contributed by atoms with E-state index >= 15 is 0 Å². The van der Waals surface area contributed by atoms with E-state index in [1.807, 2.05) is 0 Å². The van der Waals surface area contributed by atoms with Crippen molar-refractivity contribution in [1.82, 2.24) is 10.1 Å². The molecule has 1 unspecified atom stereocenters. The maximum atomic E-state index is 5.54. The highest BCUT2D eigenvalue weighted by molar-refractivity contribution is 5.31. The van der Waals surface area contributed by atoms with Crippen molar-refractivity contribution in [2.24, 2.45) is 5.73 Å². The number of benzene rings is 1. The zero-order chi connectivity index (χ0) is 13.8. The summed E-state index contributed by atoms with van der Waals surface area (Å²) in [5, 5.41) is 4.04. The standard InChI is InChI=1S/C15H21N3O/c1-10-4-5-13(8-12(10)3)9-14-17-15(19-18-14)11(2)6-7-16/h4-5,8,11H,6-7,9,16H2,1-3H3. The van der Waals surface area contributed by atoms with Gasteiger partial charge in [-0.1, -0.05) is 30.3 Å². The molecule has 0 saturated carbocycles. The second-order valence-corrected chi connectivity index (χ2v) is 5.12. The Labute approximate surface area is 114 Å². The minimum Gasteiger partial charge on any atom is -0.339 e. The fourth-order valence-corrected chi connectivity index (χ4v) is 2.01. The number of rotatable bonds is 5. The van der Waals surface area contributed by atoms with E-state index in [0.717, 1.165) is 12.2 Å². The molecular formula is C15H21N3O. The van der Waals surface area contributed by atoms with Crippen LogP contribution in [0.1, 0.15) is 47.7 Å². The molecule has 0 fully saturated rings. The Morgan fingerprint density at radius 3 is 2.74 bits per heavy atom. The van der Waals surface area contributed by atoms with Crippen LogP contribution in [0, 0.1) is 13.8 Å². The molecule has 1 aromatic carbocycles. The molecule has 2 rings (SSSR count). The Morgan fingerprint density at radius 1 is 1.26 bits per heavy atom. The van der Waals surface area contributed by atoms with E-state index in [2.05, 4.69) is 49.1 Å². The van der Waals surface area contributed by atoms with Gasteiger partial charge in [0.05, 0.1) is 0 Å². The molecule has 0 aliphatic carbocycles. The predicted molar refractivity (Wildman–Crippen MR) is 75.1 cm³/mol. The van der Waals surface area contributed by atoms with Crippen LogP contribution >= 0.6 is 0 Å². The Morgan fingerprint density at radius 2 is 2.05 bits per heavy atom. The summed E-state index contributed by atoms with van der Waals surface area (Å²) in [4.78, 5) is 4.44. The number of aromatic nitrogens is 2. The quantitative estimate of drug-likeness (QED) is 0.896. The summed E-state index contributed by atoms with van der Waals surface area (Å²) in [5.41, 5.74) is 9.34. The molecule has 0 aliphatic heterocycles. The minimum absolute atomic E-state index is 0.228. The van der Waals surface area contributed by atoms with Crippen molar-refractivity contribution in [3.05, 3.63) is 46.6 Å². The number of nitrogens with zero attached hydrogens (tertiary/aromatic N) is 2. The lowest BCUT2D eigenvalue weighted by molar-refractivity contribution is 0.351. The normalized spacial score (nSPS) is 12.6. The van der Waals surface area contributed by atoms with E-state index in [9.17, 15) is 0 Å². The Bertz CT molecular complexity index is 548. The van der Waals surface area contributed by atoms with Gasteiger partial charge in [-0.3, -0.25) is 0 Å². The van der Waals surface area contributed by atoms with Gasteiger partial charge in [-0.2, -0.15) is 4.98 Å². The van der Waals surface area contributed by atoms with Crippen LogP contribution in [0.3, 0.4) is 0 Å². The molecule has 102 valence electrons. The number of nitrogens with two attached hydrogens (primary N) is 1. The van der Waals surface area contributed by atoms with Crippen LogP contribution in [0.25, 0.3) is 0 Å². The number of hydrogen-bond acceptors (Lipinski definition) is 4. The Hall–Kier alpha value is -1.68. The average Bonchev–Trinajstić information content (AvgIpc) is 2.83. The fourth-order valence-electron chi connectivity index (χ4n) is 2.01. The lowest BCUT2D eigenvalue weighted by Crippen LogP contribution is -2.04. The fraction of sp³-hybridized carbons (Fsp3) is 0.467. The second-order valence-electron chi connectivity index (χ2n) is 5.12. The summed E-state index contributed by atoms with van der Waals surface area (Å²) in [5.74, 6) is 1.65. The van der Waals surface area contributed by atoms with E-state index in [0.29, 0.717) is 18.9 Å². The zero-order valence-electron chi connectivity index (χ0n) is 11.8. The molecule has 1 atom stereocenters. The van der Waals surface area contributed by atoms with E-state index in [4.69, 9.17) is 10.3 Å². The van der Waals surface area contributed by atoms with Gasteiger partial charge in [0.15, 0.2) is 5.82 Å². The highest BCUT2D eigenvalue weighted by Crippen LogP contribution is 2.18. The third-order valence-corrected chi connectivity index (χ3v) is 3.44. The van der Waals surface area contributed by atoms with Gasteiger partial charge >= 0.3 is 0 Å². The van der Waals surface area contributed by atoms with Gasteiger partial charge < -0.3 is 10.3 Å². The number of hydrogen-bond donors (Lipinski definition) is 1. The van der Waals surface area contributed by atoms with Crippen molar-refractivity contribution in [1.29, 1.82) is 0 Å². The van der Waals surface area contributed by atoms with Gasteiger partial charge in [0, 0.05) is 12.3 Å². The highest BCUT2D eigenvalue weighted by Gasteiger charge is 2.13. The van der Waals surface area contributed by atoms with Crippen LogP contribution in [0.15, 0.2) is 22.7 Å². The smallest absolute Gasteiger partial charge is 0.229 e. The third-order valence-electron chi connectivity index (χ3n) is 3.44. The maximum absolute atomic E-state index is 5.54. The Balaban J connectivity index is 2.09. The van der Waals surface area contributed by atoms with Gasteiger partial charge in [-0.25, -0.2) is 0 Å². The van der Waals surface area contributed by atoms with Crippen molar-refractivity contribution in [2.75, 3.05) is 6.54 Å². The molecule has 19 heavy (non-hydrogen) atoms. The van der Waals surface area contributed by atoms with Crippen LogP contribution in [-0.4, -0.2) is 16.7 Å². The lowest BCUT2D eigenvalue weighted by Gasteiger charge is -2.03. The molecule has 0 aliphatic rings. The molecule has 1 aromatic heterocycles. The van der Waals surface area contributed by atoms with Crippen molar-refractivity contribution in [2.45, 2.75) is 39.5 Å². The first-order valence-electron chi connectivity index (χ1n) is 6.69. The first-order chi connectivity index (χ1) is 9.10. The molecule has 0 radical (unpaired) electrons. The van der Waals surface area contributed by atoms with Crippen LogP contribution in [0.2, 0.25) is 0 Å². The van der Waals surface area contributed by atoms with Gasteiger partial charge in [-0.05, 0) is 43.5 Å². The van der Waals surface area contributed by atoms with E-state index < -0.39 is 0 Å². The molecule has 0 saturated heterocycles. The largest absolute Gasteiger partial charge is 0.339 e. The van der Waals surface area contributed by atoms with Crippen molar-refractivity contribution in [3.8, 4) is 0 Å². The summed E-state index contributed by atoms with van der Waals surface area (Å²) in [7, 11) is 0. The highest BCUT2D eigenvalue weighted by atomic mass is 16.5. The molecule has 4 heteroatoms. The van der Waals surface area contributed by atoms with Gasteiger partial charge in [-0.15, -0.1) is 0 Å². The molecule has 4 nitrogen and oxygen atoms in total. The van der Waals surface area contributed by atoms with Crippen LogP contribution in [-0.2, 0) is 6.42 Å². The van der Waals surface area contributed by atoms with Crippen LogP contribution in [0.5, 0.6) is 0 Å². The van der Waals surface area contributed by atoms with Crippen molar-refractivity contribution in [3.63, 3.8) is 0 Å². The molecule has 1 heterocycles. The van der Waals surface area contributed by atoms with Gasteiger partial charge in [0.2, 0.25) is 5.89 Å².